The second kappa shape index (κ2) is 17.2. The van der Waals surface area contributed by atoms with Gasteiger partial charge in [-0.2, -0.15) is 0 Å². The van der Waals surface area contributed by atoms with Gasteiger partial charge in [0.2, 0.25) is 0 Å². The second-order valence-electron chi connectivity index (χ2n) is 5.41. The highest BCUT2D eigenvalue weighted by Gasteiger charge is 1.93. The SMILES string of the molecule is CCCCCCCCCCCCCCCCOCl. The Bertz CT molecular complexity index is 123. The minimum absolute atomic E-state index is 0.708. The first kappa shape index (κ1) is 18.2. The number of unbranched alkanes of at least 4 members (excludes halogenated alkanes) is 13. The fourth-order valence-electron chi connectivity index (χ4n) is 2.35. The van der Waals surface area contributed by atoms with E-state index in [1.807, 2.05) is 0 Å². The van der Waals surface area contributed by atoms with Gasteiger partial charge in [-0.25, -0.2) is 0 Å². The minimum Gasteiger partial charge on any atom is -0.279 e. The molecular formula is C16H33ClO. The third-order valence-electron chi connectivity index (χ3n) is 3.58. The van der Waals surface area contributed by atoms with Crippen molar-refractivity contribution in [3.05, 3.63) is 0 Å². The molecule has 0 saturated carbocycles. The number of hydrogen-bond acceptors (Lipinski definition) is 1. The highest BCUT2D eigenvalue weighted by Crippen LogP contribution is 2.12. The van der Waals surface area contributed by atoms with Crippen LogP contribution in [0.3, 0.4) is 0 Å². The van der Waals surface area contributed by atoms with Gasteiger partial charge in [0.25, 0.3) is 0 Å². The second-order valence-corrected chi connectivity index (χ2v) is 5.63. The average Bonchev–Trinajstić information content (AvgIpc) is 2.39. The summed E-state index contributed by atoms with van der Waals surface area (Å²) in [6, 6.07) is 0. The largest absolute Gasteiger partial charge is 0.279 e. The lowest BCUT2D eigenvalue weighted by atomic mass is 10.0. The topological polar surface area (TPSA) is 9.23 Å². The maximum absolute atomic E-state index is 5.15. The molecule has 110 valence electrons. The van der Waals surface area contributed by atoms with Crippen molar-refractivity contribution < 1.29 is 4.29 Å². The first-order valence-corrected chi connectivity index (χ1v) is 8.46. The van der Waals surface area contributed by atoms with E-state index in [1.54, 1.807) is 0 Å². The Kier molecular flexibility index (Phi) is 17.5. The summed E-state index contributed by atoms with van der Waals surface area (Å²) in [5, 5.41) is 0. The molecule has 0 saturated heterocycles. The van der Waals surface area contributed by atoms with E-state index in [0.29, 0.717) is 6.61 Å². The van der Waals surface area contributed by atoms with Crippen molar-refractivity contribution in [1.82, 2.24) is 0 Å². The summed E-state index contributed by atoms with van der Waals surface area (Å²) in [6.45, 7) is 2.99. The number of rotatable bonds is 15. The number of hydrogen-bond donors (Lipinski definition) is 0. The molecule has 0 amide bonds. The molecule has 0 spiro atoms. The van der Waals surface area contributed by atoms with Crippen LogP contribution in [0, 0.1) is 0 Å². The van der Waals surface area contributed by atoms with E-state index < -0.39 is 0 Å². The van der Waals surface area contributed by atoms with E-state index in [-0.39, 0.29) is 0 Å². The molecule has 0 fully saturated rings. The maximum Gasteiger partial charge on any atom is 0.0682 e. The molecule has 0 atom stereocenters. The summed E-state index contributed by atoms with van der Waals surface area (Å²) < 4.78 is 4.52. The molecule has 0 aliphatic carbocycles. The van der Waals surface area contributed by atoms with Crippen molar-refractivity contribution in [3.8, 4) is 0 Å². The minimum atomic E-state index is 0.708. The van der Waals surface area contributed by atoms with Crippen LogP contribution in [-0.2, 0) is 4.29 Å². The molecule has 0 aromatic rings. The standard InChI is InChI=1S/C16H33ClO/c1-2-3-4-5-6-7-8-9-10-11-12-13-14-15-16-18-17/h2-16H2,1H3. The maximum atomic E-state index is 5.15. The molecule has 1 nitrogen and oxygen atoms in total. The van der Waals surface area contributed by atoms with Gasteiger partial charge in [-0.3, -0.25) is 4.29 Å². The molecule has 0 N–H and O–H groups in total. The van der Waals surface area contributed by atoms with Crippen molar-refractivity contribution in [1.29, 1.82) is 0 Å². The zero-order valence-corrected chi connectivity index (χ0v) is 13.1. The van der Waals surface area contributed by atoms with Gasteiger partial charge in [-0.15, -0.1) is 0 Å². The molecule has 0 radical (unpaired) electrons. The van der Waals surface area contributed by atoms with Crippen molar-refractivity contribution >= 4 is 11.9 Å². The molecular weight excluding hydrogens is 244 g/mol. The van der Waals surface area contributed by atoms with Crippen molar-refractivity contribution in [3.63, 3.8) is 0 Å². The zero-order valence-electron chi connectivity index (χ0n) is 12.4. The van der Waals surface area contributed by atoms with Gasteiger partial charge < -0.3 is 0 Å². The molecule has 18 heavy (non-hydrogen) atoms. The molecule has 0 bridgehead atoms. The zero-order chi connectivity index (χ0) is 13.3. The lowest BCUT2D eigenvalue weighted by Gasteiger charge is -2.02. The van der Waals surface area contributed by atoms with Gasteiger partial charge in [0.1, 0.15) is 0 Å². The van der Waals surface area contributed by atoms with E-state index in [9.17, 15) is 0 Å². The summed E-state index contributed by atoms with van der Waals surface area (Å²) in [6.07, 6.45) is 19.4. The van der Waals surface area contributed by atoms with Crippen LogP contribution < -0.4 is 0 Å². The van der Waals surface area contributed by atoms with Gasteiger partial charge in [-0.05, 0) is 6.42 Å². The average molecular weight is 277 g/mol. The van der Waals surface area contributed by atoms with Crippen molar-refractivity contribution in [2.45, 2.75) is 96.8 Å². The Hall–Kier alpha value is 0.250. The van der Waals surface area contributed by atoms with E-state index in [2.05, 4.69) is 11.2 Å². The van der Waals surface area contributed by atoms with Crippen LogP contribution in [0.25, 0.3) is 0 Å². The summed E-state index contributed by atoms with van der Waals surface area (Å²) in [5.74, 6) is 0. The van der Waals surface area contributed by atoms with E-state index in [0.717, 1.165) is 6.42 Å². The molecule has 0 heterocycles. The van der Waals surface area contributed by atoms with Gasteiger partial charge in [0, 0.05) is 0 Å². The third-order valence-corrected chi connectivity index (χ3v) is 3.73. The molecule has 0 aromatic carbocycles. The highest BCUT2D eigenvalue weighted by atomic mass is 35.5. The van der Waals surface area contributed by atoms with E-state index in [4.69, 9.17) is 11.9 Å². The van der Waals surface area contributed by atoms with Gasteiger partial charge in [0.05, 0.1) is 18.5 Å². The smallest absolute Gasteiger partial charge is 0.0682 e. The summed E-state index contributed by atoms with van der Waals surface area (Å²) in [4.78, 5) is 0. The number of halogens is 1. The molecule has 0 aliphatic heterocycles. The normalized spacial score (nSPS) is 11.0. The predicted octanol–water partition coefficient (Wildman–Crippen LogP) is 6.64. The third kappa shape index (κ3) is 16.2. The highest BCUT2D eigenvalue weighted by molar-refractivity contribution is 6.07. The van der Waals surface area contributed by atoms with Gasteiger partial charge in [0.15, 0.2) is 0 Å². The molecule has 0 rings (SSSR count). The summed E-state index contributed by atoms with van der Waals surface area (Å²) in [5.41, 5.74) is 0. The van der Waals surface area contributed by atoms with Crippen LogP contribution in [0.5, 0.6) is 0 Å². The fraction of sp³-hybridized carbons (Fsp3) is 1.00. The van der Waals surface area contributed by atoms with Gasteiger partial charge in [-0.1, -0.05) is 90.4 Å². The van der Waals surface area contributed by atoms with Crippen LogP contribution in [-0.4, -0.2) is 6.61 Å². The first-order chi connectivity index (χ1) is 8.91. The summed E-state index contributed by atoms with van der Waals surface area (Å²) >= 11 is 5.15. The molecule has 0 aliphatic rings. The van der Waals surface area contributed by atoms with E-state index >= 15 is 0 Å². The Morgan fingerprint density at radius 2 is 0.889 bits per heavy atom. The lowest BCUT2D eigenvalue weighted by Crippen LogP contribution is -1.86. The van der Waals surface area contributed by atoms with E-state index in [1.165, 1.54) is 83.5 Å². The Morgan fingerprint density at radius 3 is 1.22 bits per heavy atom. The van der Waals surface area contributed by atoms with Gasteiger partial charge >= 0.3 is 0 Å². The summed E-state index contributed by atoms with van der Waals surface area (Å²) in [7, 11) is 0. The monoisotopic (exact) mass is 276 g/mol. The quantitative estimate of drug-likeness (QED) is 0.305. The van der Waals surface area contributed by atoms with Crippen molar-refractivity contribution in [2.75, 3.05) is 6.61 Å². The lowest BCUT2D eigenvalue weighted by molar-refractivity contribution is 0.334. The van der Waals surface area contributed by atoms with Crippen LogP contribution in [0.2, 0.25) is 0 Å². The predicted molar refractivity (Wildman–Crippen MR) is 82.1 cm³/mol. The van der Waals surface area contributed by atoms with Crippen molar-refractivity contribution in [2.24, 2.45) is 0 Å². The van der Waals surface area contributed by atoms with Crippen LogP contribution in [0.1, 0.15) is 96.8 Å². The molecule has 0 unspecified atom stereocenters. The fourth-order valence-corrected chi connectivity index (χ4v) is 2.46. The first-order valence-electron chi connectivity index (χ1n) is 8.15. The Labute approximate surface area is 120 Å². The molecule has 0 aromatic heterocycles. The van der Waals surface area contributed by atoms with Crippen LogP contribution >= 0.6 is 11.9 Å². The Balaban J connectivity index is 2.86. The Morgan fingerprint density at radius 1 is 0.556 bits per heavy atom. The van der Waals surface area contributed by atoms with Crippen LogP contribution in [0.4, 0.5) is 0 Å². The van der Waals surface area contributed by atoms with Crippen LogP contribution in [0.15, 0.2) is 0 Å². The molecule has 2 heteroatoms.